The molecule has 27 heavy (non-hydrogen) atoms. The van der Waals surface area contributed by atoms with Crippen molar-refractivity contribution < 1.29 is 0 Å². The van der Waals surface area contributed by atoms with E-state index in [0.717, 1.165) is 17.0 Å². The Hall–Kier alpha value is -2.70. The van der Waals surface area contributed by atoms with E-state index in [1.807, 2.05) is 32.0 Å². The molecule has 1 N–H and O–H groups in total. The highest BCUT2D eigenvalue weighted by Gasteiger charge is 2.15. The lowest BCUT2D eigenvalue weighted by molar-refractivity contribution is 0.805. The lowest BCUT2D eigenvalue weighted by atomic mass is 10.2. The highest BCUT2D eigenvalue weighted by Crippen LogP contribution is 2.29. The van der Waals surface area contributed by atoms with Gasteiger partial charge in [0.1, 0.15) is 0 Å². The Balaban J connectivity index is 1.84. The number of anilines is 1. The van der Waals surface area contributed by atoms with Gasteiger partial charge in [0, 0.05) is 24.6 Å². The van der Waals surface area contributed by atoms with Crippen LogP contribution < -0.4 is 5.32 Å². The van der Waals surface area contributed by atoms with E-state index in [1.54, 1.807) is 29.2 Å². The summed E-state index contributed by atoms with van der Waals surface area (Å²) in [5, 5.41) is 8.78. The van der Waals surface area contributed by atoms with Crippen molar-refractivity contribution in [3.63, 3.8) is 0 Å². The van der Waals surface area contributed by atoms with Crippen molar-refractivity contribution in [1.29, 1.82) is 0 Å². The van der Waals surface area contributed by atoms with Gasteiger partial charge < -0.3 is 5.32 Å². The third-order valence-electron chi connectivity index (χ3n) is 4.11. The van der Waals surface area contributed by atoms with Crippen LogP contribution in [0.15, 0.2) is 42.7 Å². The number of rotatable bonds is 4. The Kier molecular flexibility index (Phi) is 4.68. The fourth-order valence-corrected chi connectivity index (χ4v) is 3.15. The molecule has 0 bridgehead atoms. The van der Waals surface area contributed by atoms with Gasteiger partial charge in [-0.1, -0.05) is 23.2 Å². The molecule has 1 aromatic carbocycles. The summed E-state index contributed by atoms with van der Waals surface area (Å²) in [6, 6.07) is 9.32. The van der Waals surface area contributed by atoms with Crippen molar-refractivity contribution in [3.8, 4) is 5.82 Å². The highest BCUT2D eigenvalue weighted by atomic mass is 35.5. The van der Waals surface area contributed by atoms with Crippen LogP contribution in [0.3, 0.4) is 0 Å². The maximum absolute atomic E-state index is 6.16. The van der Waals surface area contributed by atoms with Gasteiger partial charge in [0.25, 0.3) is 0 Å². The van der Waals surface area contributed by atoms with Crippen LogP contribution in [0.2, 0.25) is 10.0 Å². The number of nitrogens with zero attached hydrogens (tertiary/aromatic N) is 5. The smallest absolute Gasteiger partial charge is 0.197 e. The third-order valence-corrected chi connectivity index (χ3v) is 4.83. The van der Waals surface area contributed by atoms with Crippen LogP contribution in [-0.4, -0.2) is 24.7 Å². The number of halogens is 2. The van der Waals surface area contributed by atoms with E-state index < -0.39 is 0 Å². The molecular formula is C19H16Cl2N6. The second kappa shape index (κ2) is 7.13. The first-order valence-electron chi connectivity index (χ1n) is 8.34. The third kappa shape index (κ3) is 3.59. The molecule has 4 aromatic rings. The zero-order chi connectivity index (χ0) is 19.0. The Bertz CT molecular complexity index is 1120. The van der Waals surface area contributed by atoms with Crippen molar-refractivity contribution in [2.75, 3.05) is 5.32 Å². The van der Waals surface area contributed by atoms with Crippen LogP contribution >= 0.6 is 23.2 Å². The topological polar surface area (TPSA) is 68.5 Å². The molecule has 0 atom stereocenters. The average molecular weight is 399 g/mol. The van der Waals surface area contributed by atoms with Crippen LogP contribution in [0.1, 0.15) is 17.0 Å². The van der Waals surface area contributed by atoms with E-state index in [4.69, 9.17) is 33.2 Å². The first-order valence-corrected chi connectivity index (χ1v) is 9.10. The number of pyridine rings is 1. The van der Waals surface area contributed by atoms with E-state index >= 15 is 0 Å². The molecule has 0 aliphatic carbocycles. The first-order chi connectivity index (χ1) is 13.0. The van der Waals surface area contributed by atoms with Crippen LogP contribution in [0.25, 0.3) is 16.9 Å². The summed E-state index contributed by atoms with van der Waals surface area (Å²) >= 11 is 12.3. The summed E-state index contributed by atoms with van der Waals surface area (Å²) in [5.74, 6) is 1.23. The van der Waals surface area contributed by atoms with Gasteiger partial charge in [-0.25, -0.2) is 14.6 Å². The second-order valence-corrected chi connectivity index (χ2v) is 7.01. The lowest BCUT2D eigenvalue weighted by Gasteiger charge is -2.13. The second-order valence-electron chi connectivity index (χ2n) is 6.20. The summed E-state index contributed by atoms with van der Waals surface area (Å²) < 4.78 is 1.78. The molecule has 4 rings (SSSR count). The zero-order valence-electron chi connectivity index (χ0n) is 14.7. The standard InChI is InChI=1S/C19H16Cl2N6/c1-11-7-12(2)27(26-11)19-18(23-10-13-3-5-22-6-4-13)24-16-8-14(20)15(21)9-17(16)25-19/h3-9H,10H2,1-2H3,(H,23,24). The molecule has 8 heteroatoms. The predicted molar refractivity (Wildman–Crippen MR) is 108 cm³/mol. The minimum atomic E-state index is 0.440. The minimum Gasteiger partial charge on any atom is -0.363 e. The molecule has 0 radical (unpaired) electrons. The van der Waals surface area contributed by atoms with Gasteiger partial charge in [-0.3, -0.25) is 4.98 Å². The molecule has 3 aromatic heterocycles. The highest BCUT2D eigenvalue weighted by molar-refractivity contribution is 6.42. The monoisotopic (exact) mass is 398 g/mol. The van der Waals surface area contributed by atoms with E-state index in [9.17, 15) is 0 Å². The van der Waals surface area contributed by atoms with E-state index in [-0.39, 0.29) is 0 Å². The number of fused-ring (bicyclic) bond motifs is 1. The summed E-state index contributed by atoms with van der Waals surface area (Å²) in [6.45, 7) is 4.50. The SMILES string of the molecule is Cc1cc(C)n(-c2nc3cc(Cl)c(Cl)cc3nc2NCc2ccncc2)n1. The molecule has 136 valence electrons. The predicted octanol–water partition coefficient (Wildman–Crippen LogP) is 4.75. The molecule has 0 unspecified atom stereocenters. The Labute approximate surface area is 166 Å². The number of nitrogens with one attached hydrogen (secondary N) is 1. The average Bonchev–Trinajstić information content (AvgIpc) is 2.99. The molecule has 3 heterocycles. The number of aromatic nitrogens is 5. The maximum Gasteiger partial charge on any atom is 0.197 e. The Morgan fingerprint density at radius 1 is 0.963 bits per heavy atom. The van der Waals surface area contributed by atoms with Crippen molar-refractivity contribution in [2.24, 2.45) is 0 Å². The molecule has 0 saturated heterocycles. The molecule has 0 saturated carbocycles. The van der Waals surface area contributed by atoms with Crippen LogP contribution in [0.5, 0.6) is 0 Å². The first kappa shape index (κ1) is 17.7. The molecular weight excluding hydrogens is 383 g/mol. The normalized spacial score (nSPS) is 11.1. The number of benzene rings is 1. The fourth-order valence-electron chi connectivity index (χ4n) is 2.84. The van der Waals surface area contributed by atoms with Crippen molar-refractivity contribution in [2.45, 2.75) is 20.4 Å². The number of aryl methyl sites for hydroxylation is 2. The molecule has 0 spiro atoms. The lowest BCUT2D eigenvalue weighted by Crippen LogP contribution is -2.11. The summed E-state index contributed by atoms with van der Waals surface area (Å²) in [7, 11) is 0. The zero-order valence-corrected chi connectivity index (χ0v) is 16.3. The number of hydrogen-bond acceptors (Lipinski definition) is 5. The maximum atomic E-state index is 6.16. The minimum absolute atomic E-state index is 0.440. The van der Waals surface area contributed by atoms with E-state index in [0.29, 0.717) is 39.3 Å². The Morgan fingerprint density at radius 3 is 2.26 bits per heavy atom. The van der Waals surface area contributed by atoms with Gasteiger partial charge in [-0.05, 0) is 49.7 Å². The van der Waals surface area contributed by atoms with Crippen LogP contribution in [-0.2, 0) is 6.54 Å². The molecule has 0 aliphatic rings. The quantitative estimate of drug-likeness (QED) is 0.537. The van der Waals surface area contributed by atoms with Gasteiger partial charge in [-0.2, -0.15) is 5.10 Å². The van der Waals surface area contributed by atoms with Gasteiger partial charge in [0.05, 0.1) is 26.8 Å². The van der Waals surface area contributed by atoms with Crippen LogP contribution in [0.4, 0.5) is 5.82 Å². The van der Waals surface area contributed by atoms with Crippen molar-refractivity contribution in [3.05, 3.63) is 69.7 Å². The van der Waals surface area contributed by atoms with Crippen molar-refractivity contribution in [1.82, 2.24) is 24.7 Å². The van der Waals surface area contributed by atoms with E-state index in [2.05, 4.69) is 15.4 Å². The molecule has 0 aliphatic heterocycles. The van der Waals surface area contributed by atoms with Gasteiger partial charge in [-0.15, -0.1) is 0 Å². The molecule has 6 nitrogen and oxygen atoms in total. The van der Waals surface area contributed by atoms with Gasteiger partial charge >= 0.3 is 0 Å². The summed E-state index contributed by atoms with van der Waals surface area (Å²) in [4.78, 5) is 13.5. The largest absolute Gasteiger partial charge is 0.363 e. The van der Waals surface area contributed by atoms with Crippen molar-refractivity contribution >= 4 is 40.1 Å². The molecule has 0 amide bonds. The number of hydrogen-bond donors (Lipinski definition) is 1. The molecule has 0 fully saturated rings. The Morgan fingerprint density at radius 2 is 1.63 bits per heavy atom. The van der Waals surface area contributed by atoms with Gasteiger partial charge in [0.15, 0.2) is 11.6 Å². The van der Waals surface area contributed by atoms with E-state index in [1.165, 1.54) is 0 Å². The van der Waals surface area contributed by atoms with Gasteiger partial charge in [0.2, 0.25) is 0 Å². The summed E-state index contributed by atoms with van der Waals surface area (Å²) in [5.41, 5.74) is 4.27. The fraction of sp³-hybridized carbons (Fsp3) is 0.158. The van der Waals surface area contributed by atoms with Crippen LogP contribution in [0, 0.1) is 13.8 Å². The summed E-state index contributed by atoms with van der Waals surface area (Å²) in [6.07, 6.45) is 3.51.